The van der Waals surface area contributed by atoms with Crippen LogP contribution in [0.2, 0.25) is 0 Å². The summed E-state index contributed by atoms with van der Waals surface area (Å²) < 4.78 is 0. The number of carbonyl (C=O) groups is 1. The number of hydrogen-bond acceptors (Lipinski definition) is 2. The summed E-state index contributed by atoms with van der Waals surface area (Å²) in [7, 11) is 0. The molecule has 66 valence electrons. The van der Waals surface area contributed by atoms with Gasteiger partial charge in [0.15, 0.2) is 0 Å². The second kappa shape index (κ2) is 6.53. The zero-order chi connectivity index (χ0) is 8.69. The standard InChI is InChI=1S/C8H17NOS/c1-3-4-5-6-8(10)9-7(2)11/h7,11H,3-6H2,1-2H3,(H,9,10). The molecule has 0 rings (SSSR count). The Bertz CT molecular complexity index is 115. The van der Waals surface area contributed by atoms with Crippen LogP contribution in [0.25, 0.3) is 0 Å². The van der Waals surface area contributed by atoms with Gasteiger partial charge >= 0.3 is 0 Å². The van der Waals surface area contributed by atoms with E-state index in [-0.39, 0.29) is 11.3 Å². The number of thiol groups is 1. The first-order chi connectivity index (χ1) is 5.16. The smallest absolute Gasteiger partial charge is 0.220 e. The molecule has 1 atom stereocenters. The Morgan fingerprint density at radius 1 is 1.55 bits per heavy atom. The van der Waals surface area contributed by atoms with Gasteiger partial charge in [0.05, 0.1) is 5.37 Å². The van der Waals surface area contributed by atoms with Crippen LogP contribution in [-0.2, 0) is 4.79 Å². The molecule has 0 aliphatic rings. The first-order valence-electron chi connectivity index (χ1n) is 4.14. The normalized spacial score (nSPS) is 12.6. The lowest BCUT2D eigenvalue weighted by molar-refractivity contribution is -0.121. The lowest BCUT2D eigenvalue weighted by Crippen LogP contribution is -2.28. The Labute approximate surface area is 74.2 Å². The number of hydrogen-bond donors (Lipinski definition) is 2. The Morgan fingerprint density at radius 3 is 2.64 bits per heavy atom. The number of unbranched alkanes of at least 4 members (excludes halogenated alkanes) is 2. The SMILES string of the molecule is CCCCCC(=O)NC(C)S. The molecule has 0 aromatic carbocycles. The van der Waals surface area contributed by atoms with Gasteiger partial charge in [-0.3, -0.25) is 4.79 Å². The van der Waals surface area contributed by atoms with Crippen molar-refractivity contribution in [2.24, 2.45) is 0 Å². The van der Waals surface area contributed by atoms with Crippen molar-refractivity contribution in [3.05, 3.63) is 0 Å². The van der Waals surface area contributed by atoms with Gasteiger partial charge in [0, 0.05) is 6.42 Å². The number of carbonyl (C=O) groups excluding carboxylic acids is 1. The summed E-state index contributed by atoms with van der Waals surface area (Å²) in [6, 6.07) is 0. The lowest BCUT2D eigenvalue weighted by atomic mass is 10.2. The number of nitrogens with one attached hydrogen (secondary N) is 1. The van der Waals surface area contributed by atoms with Gasteiger partial charge in [-0.1, -0.05) is 19.8 Å². The van der Waals surface area contributed by atoms with E-state index in [0.29, 0.717) is 6.42 Å². The molecule has 1 unspecified atom stereocenters. The van der Waals surface area contributed by atoms with Crippen LogP contribution >= 0.6 is 12.6 Å². The average Bonchev–Trinajstić information content (AvgIpc) is 1.86. The molecule has 0 aliphatic carbocycles. The predicted octanol–water partition coefficient (Wildman–Crippen LogP) is 1.96. The largest absolute Gasteiger partial charge is 0.345 e. The van der Waals surface area contributed by atoms with E-state index in [1.807, 2.05) is 6.92 Å². The van der Waals surface area contributed by atoms with Gasteiger partial charge < -0.3 is 5.32 Å². The summed E-state index contributed by atoms with van der Waals surface area (Å²) in [6.45, 7) is 3.97. The minimum Gasteiger partial charge on any atom is -0.345 e. The minimum atomic E-state index is -0.0240. The fourth-order valence-corrected chi connectivity index (χ4v) is 0.985. The van der Waals surface area contributed by atoms with E-state index >= 15 is 0 Å². The summed E-state index contributed by atoms with van der Waals surface area (Å²) in [5.74, 6) is 0.112. The van der Waals surface area contributed by atoms with Gasteiger partial charge in [-0.2, -0.15) is 12.6 Å². The highest BCUT2D eigenvalue weighted by Crippen LogP contribution is 1.99. The maximum atomic E-state index is 11.0. The van der Waals surface area contributed by atoms with Gasteiger partial charge in [0.1, 0.15) is 0 Å². The fourth-order valence-electron chi connectivity index (χ4n) is 0.841. The molecule has 0 radical (unpaired) electrons. The van der Waals surface area contributed by atoms with Crippen LogP contribution in [0.15, 0.2) is 0 Å². The molecular weight excluding hydrogens is 158 g/mol. The molecule has 11 heavy (non-hydrogen) atoms. The number of rotatable bonds is 5. The zero-order valence-corrected chi connectivity index (χ0v) is 8.16. The van der Waals surface area contributed by atoms with Crippen LogP contribution < -0.4 is 5.32 Å². The zero-order valence-electron chi connectivity index (χ0n) is 7.26. The van der Waals surface area contributed by atoms with E-state index in [9.17, 15) is 4.79 Å². The molecular formula is C8H17NOS. The maximum Gasteiger partial charge on any atom is 0.220 e. The van der Waals surface area contributed by atoms with Crippen LogP contribution in [-0.4, -0.2) is 11.3 Å². The van der Waals surface area contributed by atoms with Crippen LogP contribution in [0.3, 0.4) is 0 Å². The molecule has 0 aromatic rings. The van der Waals surface area contributed by atoms with Crippen LogP contribution in [0, 0.1) is 0 Å². The summed E-state index contributed by atoms with van der Waals surface area (Å²) in [5.41, 5.74) is 0. The van der Waals surface area contributed by atoms with Gasteiger partial charge in [-0.05, 0) is 13.3 Å². The topological polar surface area (TPSA) is 29.1 Å². The molecule has 0 saturated heterocycles. The summed E-state index contributed by atoms with van der Waals surface area (Å²) in [4.78, 5) is 11.0. The highest BCUT2D eigenvalue weighted by Gasteiger charge is 2.01. The van der Waals surface area contributed by atoms with E-state index in [1.165, 1.54) is 0 Å². The highest BCUT2D eigenvalue weighted by atomic mass is 32.1. The Morgan fingerprint density at radius 2 is 2.18 bits per heavy atom. The molecule has 1 N–H and O–H groups in total. The van der Waals surface area contributed by atoms with E-state index < -0.39 is 0 Å². The van der Waals surface area contributed by atoms with Crippen molar-refractivity contribution in [2.75, 3.05) is 0 Å². The second-order valence-electron chi connectivity index (χ2n) is 2.70. The van der Waals surface area contributed by atoms with E-state index in [4.69, 9.17) is 0 Å². The second-order valence-corrected chi connectivity index (χ2v) is 3.48. The third kappa shape index (κ3) is 7.72. The van der Waals surface area contributed by atoms with Gasteiger partial charge in [0.25, 0.3) is 0 Å². The first kappa shape index (κ1) is 10.8. The van der Waals surface area contributed by atoms with Crippen molar-refractivity contribution in [1.82, 2.24) is 5.32 Å². The third-order valence-corrected chi connectivity index (χ3v) is 1.51. The Balaban J connectivity index is 3.23. The van der Waals surface area contributed by atoms with E-state index in [2.05, 4.69) is 24.9 Å². The molecule has 2 nitrogen and oxygen atoms in total. The molecule has 0 aliphatic heterocycles. The third-order valence-electron chi connectivity index (χ3n) is 1.38. The van der Waals surface area contributed by atoms with Crippen molar-refractivity contribution in [3.63, 3.8) is 0 Å². The van der Waals surface area contributed by atoms with Crippen molar-refractivity contribution in [3.8, 4) is 0 Å². The molecule has 0 fully saturated rings. The van der Waals surface area contributed by atoms with E-state index in [0.717, 1.165) is 19.3 Å². The summed E-state index contributed by atoms with van der Waals surface area (Å²) >= 11 is 4.05. The van der Waals surface area contributed by atoms with Crippen LogP contribution in [0.5, 0.6) is 0 Å². The van der Waals surface area contributed by atoms with Crippen LogP contribution in [0.4, 0.5) is 0 Å². The summed E-state index contributed by atoms with van der Waals surface area (Å²) in [5, 5.41) is 2.70. The minimum absolute atomic E-state index is 0.0240. The Hall–Kier alpha value is -0.180. The lowest BCUT2D eigenvalue weighted by Gasteiger charge is -2.06. The van der Waals surface area contributed by atoms with Crippen molar-refractivity contribution >= 4 is 18.5 Å². The molecule has 0 spiro atoms. The fraction of sp³-hybridized carbons (Fsp3) is 0.875. The highest BCUT2D eigenvalue weighted by molar-refractivity contribution is 7.80. The summed E-state index contributed by atoms with van der Waals surface area (Å²) in [6.07, 6.45) is 3.92. The van der Waals surface area contributed by atoms with Crippen LogP contribution in [0.1, 0.15) is 39.5 Å². The van der Waals surface area contributed by atoms with Gasteiger partial charge in [-0.25, -0.2) is 0 Å². The average molecular weight is 175 g/mol. The number of amides is 1. The molecule has 0 saturated carbocycles. The van der Waals surface area contributed by atoms with Crippen molar-refractivity contribution in [1.29, 1.82) is 0 Å². The van der Waals surface area contributed by atoms with Crippen molar-refractivity contribution < 1.29 is 4.79 Å². The monoisotopic (exact) mass is 175 g/mol. The maximum absolute atomic E-state index is 11.0. The van der Waals surface area contributed by atoms with Gasteiger partial charge in [-0.15, -0.1) is 0 Å². The molecule has 0 bridgehead atoms. The predicted molar refractivity (Wildman–Crippen MR) is 50.7 cm³/mol. The molecule has 3 heteroatoms. The van der Waals surface area contributed by atoms with Crippen molar-refractivity contribution in [2.45, 2.75) is 44.9 Å². The van der Waals surface area contributed by atoms with E-state index in [1.54, 1.807) is 0 Å². The first-order valence-corrected chi connectivity index (χ1v) is 4.66. The van der Waals surface area contributed by atoms with Gasteiger partial charge in [0.2, 0.25) is 5.91 Å². The molecule has 0 aromatic heterocycles. The quantitative estimate of drug-likeness (QED) is 0.373. The Kier molecular flexibility index (Phi) is 6.42. The molecule has 1 amide bonds. The molecule has 0 heterocycles.